The summed E-state index contributed by atoms with van der Waals surface area (Å²) in [6, 6.07) is 11.7. The molecule has 0 aliphatic heterocycles. The van der Waals surface area contributed by atoms with E-state index in [2.05, 4.69) is 21.2 Å². The number of hydrogen-bond acceptors (Lipinski definition) is 3. The minimum atomic E-state index is -0.193. The smallest absolute Gasteiger partial charge is 0.237 e. The monoisotopic (exact) mass is 364 g/mol. The molecule has 0 unspecified atom stereocenters. The molecule has 0 saturated heterocycles. The highest BCUT2D eigenvalue weighted by Crippen LogP contribution is 2.24. The minimum absolute atomic E-state index is 0.0321. The Bertz CT molecular complexity index is 622. The van der Waals surface area contributed by atoms with Crippen molar-refractivity contribution in [1.29, 1.82) is 0 Å². The Balaban J connectivity index is 2.02. The number of benzene rings is 1. The first-order valence-corrected chi connectivity index (χ1v) is 8.13. The van der Waals surface area contributed by atoms with Gasteiger partial charge in [-0.3, -0.25) is 9.69 Å². The third kappa shape index (κ3) is 4.21. The standard InChI is InChI=1S/C17H21BrN2O2/c1-4-19-17(21)12(2)20(3)11-15-9-10-16(22-15)13-5-7-14(18)8-6-13/h5-10,12H,4,11H2,1-3H3,(H,19,21)/t12-/m1/s1. The number of halogens is 1. The number of carbonyl (C=O) groups is 1. The van der Waals surface area contributed by atoms with E-state index in [-0.39, 0.29) is 11.9 Å². The van der Waals surface area contributed by atoms with Crippen molar-refractivity contribution in [3.8, 4) is 11.3 Å². The van der Waals surface area contributed by atoms with Crippen molar-refractivity contribution < 1.29 is 9.21 Å². The topological polar surface area (TPSA) is 45.5 Å². The van der Waals surface area contributed by atoms with Crippen LogP contribution in [-0.2, 0) is 11.3 Å². The van der Waals surface area contributed by atoms with Gasteiger partial charge in [0.15, 0.2) is 0 Å². The fourth-order valence-electron chi connectivity index (χ4n) is 2.14. The van der Waals surface area contributed by atoms with Crippen LogP contribution in [0.4, 0.5) is 0 Å². The number of nitrogens with one attached hydrogen (secondary N) is 1. The zero-order valence-corrected chi connectivity index (χ0v) is 14.7. The van der Waals surface area contributed by atoms with Gasteiger partial charge in [0.05, 0.1) is 12.6 Å². The third-order valence-electron chi connectivity index (χ3n) is 3.59. The largest absolute Gasteiger partial charge is 0.460 e. The van der Waals surface area contributed by atoms with Crippen molar-refractivity contribution in [2.24, 2.45) is 0 Å². The molecule has 0 saturated carbocycles. The molecule has 4 nitrogen and oxygen atoms in total. The molecule has 1 atom stereocenters. The lowest BCUT2D eigenvalue weighted by atomic mass is 10.2. The molecular weight excluding hydrogens is 344 g/mol. The average Bonchev–Trinajstić information content (AvgIpc) is 2.95. The number of carbonyl (C=O) groups excluding carboxylic acids is 1. The fraction of sp³-hybridized carbons (Fsp3) is 0.353. The Morgan fingerprint density at radius 3 is 2.59 bits per heavy atom. The molecule has 0 spiro atoms. The van der Waals surface area contributed by atoms with Gasteiger partial charge >= 0.3 is 0 Å². The summed E-state index contributed by atoms with van der Waals surface area (Å²) >= 11 is 3.42. The summed E-state index contributed by atoms with van der Waals surface area (Å²) < 4.78 is 6.92. The molecule has 1 heterocycles. The molecular formula is C17H21BrN2O2. The Morgan fingerprint density at radius 1 is 1.27 bits per heavy atom. The SMILES string of the molecule is CCNC(=O)[C@@H](C)N(C)Cc1ccc(-c2ccc(Br)cc2)o1. The highest BCUT2D eigenvalue weighted by atomic mass is 79.9. The van der Waals surface area contributed by atoms with Crippen LogP contribution in [-0.4, -0.2) is 30.4 Å². The van der Waals surface area contributed by atoms with Gasteiger partial charge in [0.1, 0.15) is 11.5 Å². The molecule has 1 aromatic carbocycles. The normalized spacial score (nSPS) is 12.4. The van der Waals surface area contributed by atoms with Gasteiger partial charge in [0.2, 0.25) is 5.91 Å². The van der Waals surface area contributed by atoms with Crippen LogP contribution in [0, 0.1) is 0 Å². The van der Waals surface area contributed by atoms with Crippen LogP contribution in [0.15, 0.2) is 45.3 Å². The van der Waals surface area contributed by atoms with Crippen LogP contribution < -0.4 is 5.32 Å². The molecule has 1 amide bonds. The molecule has 0 aliphatic rings. The van der Waals surface area contributed by atoms with E-state index in [4.69, 9.17) is 4.42 Å². The van der Waals surface area contributed by atoms with Gasteiger partial charge < -0.3 is 9.73 Å². The third-order valence-corrected chi connectivity index (χ3v) is 4.12. The van der Waals surface area contributed by atoms with Crippen LogP contribution in [0.1, 0.15) is 19.6 Å². The van der Waals surface area contributed by atoms with Crippen molar-refractivity contribution in [3.63, 3.8) is 0 Å². The molecule has 5 heteroatoms. The first kappa shape index (κ1) is 16.8. The van der Waals surface area contributed by atoms with Crippen LogP contribution >= 0.6 is 15.9 Å². The summed E-state index contributed by atoms with van der Waals surface area (Å²) in [5.74, 6) is 1.71. The molecule has 0 radical (unpaired) electrons. The zero-order chi connectivity index (χ0) is 16.1. The van der Waals surface area contributed by atoms with Gasteiger partial charge in [-0.25, -0.2) is 0 Å². The second kappa shape index (κ2) is 7.61. The maximum absolute atomic E-state index is 11.8. The van der Waals surface area contributed by atoms with E-state index < -0.39 is 0 Å². The van der Waals surface area contributed by atoms with Crippen LogP contribution in [0.5, 0.6) is 0 Å². The highest BCUT2D eigenvalue weighted by molar-refractivity contribution is 9.10. The predicted octanol–water partition coefficient (Wildman–Crippen LogP) is 3.67. The lowest BCUT2D eigenvalue weighted by Crippen LogP contribution is -2.42. The summed E-state index contributed by atoms with van der Waals surface area (Å²) in [5, 5.41) is 2.83. The van der Waals surface area contributed by atoms with E-state index in [9.17, 15) is 4.79 Å². The molecule has 1 aromatic heterocycles. The first-order valence-electron chi connectivity index (χ1n) is 7.34. The van der Waals surface area contributed by atoms with Gasteiger partial charge in [-0.2, -0.15) is 0 Å². The fourth-order valence-corrected chi connectivity index (χ4v) is 2.40. The number of nitrogens with zero attached hydrogens (tertiary/aromatic N) is 1. The number of rotatable bonds is 6. The summed E-state index contributed by atoms with van der Waals surface area (Å²) in [5.41, 5.74) is 1.04. The Morgan fingerprint density at radius 2 is 1.95 bits per heavy atom. The summed E-state index contributed by atoms with van der Waals surface area (Å²) in [4.78, 5) is 13.8. The zero-order valence-electron chi connectivity index (χ0n) is 13.1. The number of likely N-dealkylation sites (N-methyl/N-ethyl adjacent to an activating group) is 2. The Labute approximate surface area is 139 Å². The predicted molar refractivity (Wildman–Crippen MR) is 91.5 cm³/mol. The van der Waals surface area contributed by atoms with Crippen molar-refractivity contribution in [1.82, 2.24) is 10.2 Å². The molecule has 0 bridgehead atoms. The summed E-state index contributed by atoms with van der Waals surface area (Å²) in [6.07, 6.45) is 0. The Kier molecular flexibility index (Phi) is 5.80. The van der Waals surface area contributed by atoms with E-state index in [1.165, 1.54) is 0 Å². The van der Waals surface area contributed by atoms with E-state index in [0.717, 1.165) is 21.6 Å². The number of amides is 1. The maximum Gasteiger partial charge on any atom is 0.237 e. The second-order valence-electron chi connectivity index (χ2n) is 5.26. The Hall–Kier alpha value is -1.59. The number of furan rings is 1. The molecule has 118 valence electrons. The first-order chi connectivity index (χ1) is 10.5. The second-order valence-corrected chi connectivity index (χ2v) is 6.17. The van der Waals surface area contributed by atoms with Crippen molar-refractivity contribution >= 4 is 21.8 Å². The van der Waals surface area contributed by atoms with E-state index in [1.54, 1.807) is 0 Å². The van der Waals surface area contributed by atoms with E-state index >= 15 is 0 Å². The molecule has 0 aliphatic carbocycles. The molecule has 0 fully saturated rings. The molecule has 22 heavy (non-hydrogen) atoms. The maximum atomic E-state index is 11.8. The van der Waals surface area contributed by atoms with Crippen LogP contribution in [0.2, 0.25) is 0 Å². The molecule has 2 aromatic rings. The van der Waals surface area contributed by atoms with Gasteiger partial charge in [-0.1, -0.05) is 28.1 Å². The molecule has 1 N–H and O–H groups in total. The lowest BCUT2D eigenvalue weighted by Gasteiger charge is -2.22. The van der Waals surface area contributed by atoms with Crippen molar-refractivity contribution in [3.05, 3.63) is 46.6 Å². The summed E-state index contributed by atoms with van der Waals surface area (Å²) in [7, 11) is 1.92. The number of hydrogen-bond donors (Lipinski definition) is 1. The van der Waals surface area contributed by atoms with Crippen molar-refractivity contribution in [2.45, 2.75) is 26.4 Å². The van der Waals surface area contributed by atoms with Crippen LogP contribution in [0.25, 0.3) is 11.3 Å². The summed E-state index contributed by atoms with van der Waals surface area (Å²) in [6.45, 7) is 5.05. The van der Waals surface area contributed by atoms with Crippen LogP contribution in [0.3, 0.4) is 0 Å². The van der Waals surface area contributed by atoms with Gasteiger partial charge in [0.25, 0.3) is 0 Å². The molecule has 2 rings (SSSR count). The van der Waals surface area contributed by atoms with Gasteiger partial charge in [-0.05, 0) is 45.2 Å². The van der Waals surface area contributed by atoms with Crippen molar-refractivity contribution in [2.75, 3.05) is 13.6 Å². The lowest BCUT2D eigenvalue weighted by molar-refractivity contribution is -0.125. The quantitative estimate of drug-likeness (QED) is 0.850. The van der Waals surface area contributed by atoms with Gasteiger partial charge in [-0.15, -0.1) is 0 Å². The van der Waals surface area contributed by atoms with Gasteiger partial charge in [0, 0.05) is 16.6 Å². The average molecular weight is 365 g/mol. The van der Waals surface area contributed by atoms with E-state index in [0.29, 0.717) is 13.1 Å². The minimum Gasteiger partial charge on any atom is -0.460 e. The highest BCUT2D eigenvalue weighted by Gasteiger charge is 2.18. The van der Waals surface area contributed by atoms with E-state index in [1.807, 2.05) is 62.2 Å².